The normalized spacial score (nSPS) is 20.0. The summed E-state index contributed by atoms with van der Waals surface area (Å²) in [5.74, 6) is -0.268. The van der Waals surface area contributed by atoms with Gasteiger partial charge in [0.2, 0.25) is 10.3 Å². The van der Waals surface area contributed by atoms with Gasteiger partial charge in [-0.05, 0) is 31.6 Å². The fourth-order valence-electron chi connectivity index (χ4n) is 3.53. The predicted molar refractivity (Wildman–Crippen MR) is 103 cm³/mol. The average Bonchev–Trinajstić information content (AvgIpc) is 2.58. The van der Waals surface area contributed by atoms with E-state index in [1.807, 2.05) is 0 Å². The molecular formula is C20H34O4S. The van der Waals surface area contributed by atoms with Crippen LogP contribution < -0.4 is 0 Å². The minimum atomic E-state index is -2.08. The van der Waals surface area contributed by atoms with Crippen LogP contribution in [0.3, 0.4) is 0 Å². The molecule has 1 aliphatic carbocycles. The summed E-state index contributed by atoms with van der Waals surface area (Å²) >= 11 is 0. The largest absolute Gasteiger partial charge is 0.481 e. The number of carboxylic acid groups (broad SMARTS) is 1. The summed E-state index contributed by atoms with van der Waals surface area (Å²) < 4.78 is 23.2. The standard InChI is InChI=1S/C20H34O4S/c1-2-3-4-8-11-17-14-15-18(19(16-17)25(23)24)12-9-6-5-7-10-13-20(21)22/h14-15,17-18H,2-13,16H2,1H3,(H,21,22). The molecule has 144 valence electrons. The molecule has 2 unspecified atom stereocenters. The second kappa shape index (κ2) is 13.2. The van der Waals surface area contributed by atoms with Gasteiger partial charge in [0, 0.05) is 12.3 Å². The number of allylic oxidation sites excluding steroid dienone is 2. The summed E-state index contributed by atoms with van der Waals surface area (Å²) in [5.41, 5.74) is 0. The Bertz CT molecular complexity index is 540. The maximum atomic E-state index is 11.6. The molecule has 1 rings (SSSR count). The first-order valence-corrected chi connectivity index (χ1v) is 11.0. The van der Waals surface area contributed by atoms with Crippen molar-refractivity contribution in [1.29, 1.82) is 0 Å². The van der Waals surface area contributed by atoms with Crippen molar-refractivity contribution >= 4 is 21.1 Å². The van der Waals surface area contributed by atoms with Crippen LogP contribution in [0.25, 0.3) is 0 Å². The van der Waals surface area contributed by atoms with Crippen molar-refractivity contribution in [2.45, 2.75) is 90.4 Å². The number of hydrogen-bond donors (Lipinski definition) is 1. The highest BCUT2D eigenvalue weighted by molar-refractivity contribution is 7.73. The lowest BCUT2D eigenvalue weighted by Gasteiger charge is -2.23. The van der Waals surface area contributed by atoms with Crippen LogP contribution in [0, 0.1) is 11.8 Å². The van der Waals surface area contributed by atoms with E-state index in [4.69, 9.17) is 5.11 Å². The van der Waals surface area contributed by atoms with Crippen molar-refractivity contribution in [2.24, 2.45) is 11.8 Å². The highest BCUT2D eigenvalue weighted by atomic mass is 32.2. The summed E-state index contributed by atoms with van der Waals surface area (Å²) in [6, 6.07) is 0. The second-order valence-electron chi connectivity index (χ2n) is 7.21. The molecule has 0 aromatic heterocycles. The zero-order valence-electron chi connectivity index (χ0n) is 15.6. The quantitative estimate of drug-likeness (QED) is 0.281. The van der Waals surface area contributed by atoms with E-state index in [1.165, 1.54) is 25.7 Å². The van der Waals surface area contributed by atoms with Crippen molar-refractivity contribution < 1.29 is 18.3 Å². The topological polar surface area (TPSA) is 71.4 Å². The Kier molecular flexibility index (Phi) is 11.5. The molecule has 0 radical (unpaired) electrons. The molecule has 5 heteroatoms. The van der Waals surface area contributed by atoms with Gasteiger partial charge in [0.15, 0.2) is 0 Å². The van der Waals surface area contributed by atoms with Crippen LogP contribution in [-0.2, 0) is 15.1 Å². The van der Waals surface area contributed by atoms with E-state index in [1.54, 1.807) is 0 Å². The minimum absolute atomic E-state index is 0.0734. The fourth-order valence-corrected chi connectivity index (χ4v) is 4.32. The van der Waals surface area contributed by atoms with Gasteiger partial charge in [-0.1, -0.05) is 70.4 Å². The molecule has 0 fully saturated rings. The van der Waals surface area contributed by atoms with E-state index in [-0.39, 0.29) is 12.3 Å². The predicted octanol–water partition coefficient (Wildman–Crippen LogP) is 5.02. The van der Waals surface area contributed by atoms with Crippen LogP contribution in [0.5, 0.6) is 0 Å². The molecule has 25 heavy (non-hydrogen) atoms. The third kappa shape index (κ3) is 9.83. The SMILES string of the molecule is CCCCCCC1C=CC(CCCCCCCC(=O)O)C(=S(=O)=O)C1. The summed E-state index contributed by atoms with van der Waals surface area (Å²) in [7, 11) is -2.08. The molecule has 0 aromatic carbocycles. The second-order valence-corrected chi connectivity index (χ2v) is 8.20. The number of rotatable bonds is 13. The summed E-state index contributed by atoms with van der Waals surface area (Å²) in [6.45, 7) is 2.20. The number of aliphatic carboxylic acids is 1. The zero-order chi connectivity index (χ0) is 18.5. The third-order valence-corrected chi connectivity index (χ3v) is 5.94. The Morgan fingerprint density at radius 3 is 2.32 bits per heavy atom. The number of carbonyl (C=O) groups is 1. The van der Waals surface area contributed by atoms with Gasteiger partial charge in [-0.2, -0.15) is 8.42 Å². The lowest BCUT2D eigenvalue weighted by Crippen LogP contribution is -2.21. The van der Waals surface area contributed by atoms with Crippen LogP contribution >= 0.6 is 0 Å². The van der Waals surface area contributed by atoms with Gasteiger partial charge in [0.1, 0.15) is 0 Å². The lowest BCUT2D eigenvalue weighted by atomic mass is 9.83. The molecule has 2 atom stereocenters. The van der Waals surface area contributed by atoms with Gasteiger partial charge in [0.05, 0.1) is 4.86 Å². The maximum Gasteiger partial charge on any atom is 0.303 e. The van der Waals surface area contributed by atoms with Crippen LogP contribution in [0.4, 0.5) is 0 Å². The molecular weight excluding hydrogens is 336 g/mol. The van der Waals surface area contributed by atoms with Crippen molar-refractivity contribution in [3.8, 4) is 0 Å². The Hall–Kier alpha value is -1.10. The molecule has 0 amide bonds. The average molecular weight is 371 g/mol. The Labute approximate surface area is 154 Å². The van der Waals surface area contributed by atoms with Crippen molar-refractivity contribution in [2.75, 3.05) is 0 Å². The molecule has 1 aliphatic rings. The maximum absolute atomic E-state index is 11.6. The zero-order valence-corrected chi connectivity index (χ0v) is 16.4. The first kappa shape index (κ1) is 21.9. The van der Waals surface area contributed by atoms with Gasteiger partial charge < -0.3 is 5.11 Å². The third-order valence-electron chi connectivity index (χ3n) is 5.04. The van der Waals surface area contributed by atoms with E-state index in [0.717, 1.165) is 44.9 Å². The van der Waals surface area contributed by atoms with Crippen LogP contribution in [0.1, 0.15) is 90.4 Å². The number of carboxylic acids is 1. The van der Waals surface area contributed by atoms with E-state index in [2.05, 4.69) is 19.1 Å². The Balaban J connectivity index is 2.33. The van der Waals surface area contributed by atoms with Gasteiger partial charge >= 0.3 is 5.97 Å². The smallest absolute Gasteiger partial charge is 0.303 e. The van der Waals surface area contributed by atoms with Crippen molar-refractivity contribution in [3.63, 3.8) is 0 Å². The summed E-state index contributed by atoms with van der Waals surface area (Å²) in [6.07, 6.45) is 16.9. The fraction of sp³-hybridized carbons (Fsp3) is 0.800. The molecule has 4 nitrogen and oxygen atoms in total. The Morgan fingerprint density at radius 2 is 1.64 bits per heavy atom. The van der Waals surface area contributed by atoms with Gasteiger partial charge in [-0.25, -0.2) is 0 Å². The van der Waals surface area contributed by atoms with E-state index in [9.17, 15) is 13.2 Å². The van der Waals surface area contributed by atoms with Gasteiger partial charge in [0.25, 0.3) is 0 Å². The summed E-state index contributed by atoms with van der Waals surface area (Å²) in [4.78, 5) is 11.1. The monoisotopic (exact) mass is 370 g/mol. The van der Waals surface area contributed by atoms with E-state index < -0.39 is 16.3 Å². The van der Waals surface area contributed by atoms with Gasteiger partial charge in [-0.3, -0.25) is 4.79 Å². The van der Waals surface area contributed by atoms with Gasteiger partial charge in [-0.15, -0.1) is 0 Å². The highest BCUT2D eigenvalue weighted by Crippen LogP contribution is 2.27. The van der Waals surface area contributed by atoms with Crippen LogP contribution in [0.2, 0.25) is 0 Å². The number of hydrogen-bond acceptors (Lipinski definition) is 3. The van der Waals surface area contributed by atoms with Crippen LogP contribution in [0.15, 0.2) is 12.2 Å². The molecule has 0 saturated heterocycles. The molecule has 0 saturated carbocycles. The summed E-state index contributed by atoms with van der Waals surface area (Å²) in [5, 5.41) is 8.60. The Morgan fingerprint density at radius 1 is 1.00 bits per heavy atom. The number of unbranched alkanes of at least 4 members (excludes halogenated alkanes) is 7. The molecule has 0 spiro atoms. The first-order valence-electron chi connectivity index (χ1n) is 9.89. The van der Waals surface area contributed by atoms with Crippen molar-refractivity contribution in [1.82, 2.24) is 0 Å². The molecule has 0 heterocycles. The highest BCUT2D eigenvalue weighted by Gasteiger charge is 2.22. The first-order chi connectivity index (χ1) is 12.0. The lowest BCUT2D eigenvalue weighted by molar-refractivity contribution is -0.137. The minimum Gasteiger partial charge on any atom is -0.481 e. The van der Waals surface area contributed by atoms with Crippen LogP contribution in [-0.4, -0.2) is 24.4 Å². The van der Waals surface area contributed by atoms with E-state index >= 15 is 0 Å². The van der Waals surface area contributed by atoms with Crippen molar-refractivity contribution in [3.05, 3.63) is 12.2 Å². The molecule has 0 aromatic rings. The van der Waals surface area contributed by atoms with E-state index in [0.29, 0.717) is 17.2 Å². The molecule has 1 N–H and O–H groups in total. The molecule has 0 aliphatic heterocycles. The molecule has 0 bridgehead atoms.